The quantitative estimate of drug-likeness (QED) is 0.892. The fourth-order valence-electron chi connectivity index (χ4n) is 3.36. The SMILES string of the molecule is CC(C)CC1CN(C2CC2)C(c2ccccc2)CN1. The molecule has 1 aromatic carbocycles. The smallest absolute Gasteiger partial charge is 0.0476 e. The van der Waals surface area contributed by atoms with Gasteiger partial charge in [-0.1, -0.05) is 44.2 Å². The van der Waals surface area contributed by atoms with Crippen molar-refractivity contribution in [3.05, 3.63) is 35.9 Å². The van der Waals surface area contributed by atoms with Crippen LogP contribution in [0.2, 0.25) is 0 Å². The molecule has 0 aromatic heterocycles. The number of rotatable bonds is 4. The average molecular weight is 258 g/mol. The van der Waals surface area contributed by atoms with Crippen molar-refractivity contribution in [1.82, 2.24) is 10.2 Å². The third kappa shape index (κ3) is 3.18. The van der Waals surface area contributed by atoms with Crippen molar-refractivity contribution in [3.63, 3.8) is 0 Å². The molecule has 2 nitrogen and oxygen atoms in total. The summed E-state index contributed by atoms with van der Waals surface area (Å²) in [6.45, 7) is 6.99. The van der Waals surface area contributed by atoms with E-state index in [1.807, 2.05) is 0 Å². The topological polar surface area (TPSA) is 15.3 Å². The van der Waals surface area contributed by atoms with E-state index in [-0.39, 0.29) is 0 Å². The molecular formula is C17H26N2. The molecule has 2 unspecified atom stereocenters. The van der Waals surface area contributed by atoms with Gasteiger partial charge in [0.2, 0.25) is 0 Å². The lowest BCUT2D eigenvalue weighted by Gasteiger charge is -2.41. The number of hydrogen-bond donors (Lipinski definition) is 1. The first-order valence-corrected chi connectivity index (χ1v) is 7.78. The molecule has 2 fully saturated rings. The van der Waals surface area contributed by atoms with Crippen molar-refractivity contribution >= 4 is 0 Å². The van der Waals surface area contributed by atoms with Crippen LogP contribution in [0.4, 0.5) is 0 Å². The third-order valence-electron chi connectivity index (χ3n) is 4.39. The molecule has 0 bridgehead atoms. The first-order chi connectivity index (χ1) is 9.24. The number of piperazine rings is 1. The molecule has 3 rings (SSSR count). The number of nitrogens with zero attached hydrogens (tertiary/aromatic N) is 1. The molecule has 1 N–H and O–H groups in total. The minimum atomic E-state index is 0.581. The minimum Gasteiger partial charge on any atom is -0.311 e. The fourth-order valence-corrected chi connectivity index (χ4v) is 3.36. The van der Waals surface area contributed by atoms with E-state index in [0.717, 1.165) is 18.5 Å². The maximum Gasteiger partial charge on any atom is 0.0476 e. The summed E-state index contributed by atoms with van der Waals surface area (Å²) in [6.07, 6.45) is 4.10. The molecule has 2 atom stereocenters. The van der Waals surface area contributed by atoms with Crippen LogP contribution in [-0.2, 0) is 0 Å². The van der Waals surface area contributed by atoms with Gasteiger partial charge in [0.25, 0.3) is 0 Å². The van der Waals surface area contributed by atoms with E-state index in [1.54, 1.807) is 0 Å². The van der Waals surface area contributed by atoms with Crippen LogP contribution >= 0.6 is 0 Å². The van der Waals surface area contributed by atoms with Gasteiger partial charge in [0, 0.05) is 31.2 Å². The summed E-state index contributed by atoms with van der Waals surface area (Å²) < 4.78 is 0. The molecule has 1 saturated carbocycles. The maximum atomic E-state index is 3.77. The van der Waals surface area contributed by atoms with Gasteiger partial charge in [0.05, 0.1) is 0 Å². The summed E-state index contributed by atoms with van der Waals surface area (Å²) in [5.74, 6) is 0.784. The molecule has 1 aliphatic carbocycles. The zero-order valence-corrected chi connectivity index (χ0v) is 12.2. The Bertz CT molecular complexity index is 397. The summed E-state index contributed by atoms with van der Waals surface area (Å²) in [5, 5.41) is 3.77. The van der Waals surface area contributed by atoms with Gasteiger partial charge in [-0.05, 0) is 30.7 Å². The first-order valence-electron chi connectivity index (χ1n) is 7.78. The third-order valence-corrected chi connectivity index (χ3v) is 4.39. The Hall–Kier alpha value is -0.860. The molecule has 2 heteroatoms. The highest BCUT2D eigenvalue weighted by Crippen LogP contribution is 2.36. The van der Waals surface area contributed by atoms with Gasteiger partial charge >= 0.3 is 0 Å². The van der Waals surface area contributed by atoms with Gasteiger partial charge < -0.3 is 5.32 Å². The fraction of sp³-hybridized carbons (Fsp3) is 0.647. The van der Waals surface area contributed by atoms with Crippen molar-refractivity contribution in [2.24, 2.45) is 5.92 Å². The molecule has 1 aliphatic heterocycles. The Morgan fingerprint density at radius 3 is 2.58 bits per heavy atom. The molecule has 1 saturated heterocycles. The van der Waals surface area contributed by atoms with Gasteiger partial charge in [0.15, 0.2) is 0 Å². The Balaban J connectivity index is 1.71. The van der Waals surface area contributed by atoms with E-state index in [1.165, 1.54) is 31.4 Å². The highest BCUT2D eigenvalue weighted by Gasteiger charge is 2.38. The normalized spacial score (nSPS) is 28.8. The van der Waals surface area contributed by atoms with Crippen LogP contribution in [0.25, 0.3) is 0 Å². The summed E-state index contributed by atoms with van der Waals surface area (Å²) in [6, 6.07) is 13.1. The van der Waals surface area contributed by atoms with Crippen molar-refractivity contribution < 1.29 is 0 Å². The Morgan fingerprint density at radius 1 is 1.21 bits per heavy atom. The highest BCUT2D eigenvalue weighted by atomic mass is 15.3. The summed E-state index contributed by atoms with van der Waals surface area (Å²) in [5.41, 5.74) is 1.48. The van der Waals surface area contributed by atoms with Crippen LogP contribution in [0.3, 0.4) is 0 Å². The first kappa shape index (κ1) is 13.1. The molecule has 2 aliphatic rings. The number of benzene rings is 1. The lowest BCUT2D eigenvalue weighted by atomic mass is 9.96. The Labute approximate surface area is 117 Å². The van der Waals surface area contributed by atoms with E-state index in [4.69, 9.17) is 0 Å². The molecule has 0 radical (unpaired) electrons. The summed E-state index contributed by atoms with van der Waals surface area (Å²) in [4.78, 5) is 2.76. The molecule has 1 aromatic rings. The predicted octanol–water partition coefficient (Wildman–Crippen LogP) is 3.21. The van der Waals surface area contributed by atoms with Crippen LogP contribution in [-0.4, -0.2) is 30.1 Å². The van der Waals surface area contributed by atoms with E-state index >= 15 is 0 Å². The number of hydrogen-bond acceptors (Lipinski definition) is 2. The lowest BCUT2D eigenvalue weighted by molar-refractivity contribution is 0.113. The molecular weight excluding hydrogens is 232 g/mol. The molecule has 19 heavy (non-hydrogen) atoms. The lowest BCUT2D eigenvalue weighted by Crippen LogP contribution is -2.53. The van der Waals surface area contributed by atoms with Crippen LogP contribution in [0.5, 0.6) is 0 Å². The second kappa shape index (κ2) is 5.64. The van der Waals surface area contributed by atoms with E-state index in [0.29, 0.717) is 12.1 Å². The Kier molecular flexibility index (Phi) is 3.90. The second-order valence-corrected chi connectivity index (χ2v) is 6.59. The van der Waals surface area contributed by atoms with Gasteiger partial charge in [-0.25, -0.2) is 0 Å². The van der Waals surface area contributed by atoms with Crippen LogP contribution in [0.15, 0.2) is 30.3 Å². The standard InChI is InChI=1S/C17H26N2/c1-13(2)10-15-12-19(16-8-9-16)17(11-18-15)14-6-4-3-5-7-14/h3-7,13,15-18H,8-12H2,1-2H3. The zero-order valence-electron chi connectivity index (χ0n) is 12.2. The van der Waals surface area contributed by atoms with Crippen molar-refractivity contribution in [2.45, 2.75) is 51.2 Å². The predicted molar refractivity (Wildman–Crippen MR) is 80.2 cm³/mol. The summed E-state index contributed by atoms with van der Waals surface area (Å²) >= 11 is 0. The zero-order chi connectivity index (χ0) is 13.2. The number of nitrogens with one attached hydrogen (secondary N) is 1. The Morgan fingerprint density at radius 2 is 1.95 bits per heavy atom. The molecule has 1 heterocycles. The van der Waals surface area contributed by atoms with Gasteiger partial charge in [-0.3, -0.25) is 4.90 Å². The van der Waals surface area contributed by atoms with Crippen LogP contribution in [0, 0.1) is 5.92 Å². The van der Waals surface area contributed by atoms with Gasteiger partial charge in [0.1, 0.15) is 0 Å². The van der Waals surface area contributed by atoms with Gasteiger partial charge in [-0.2, -0.15) is 0 Å². The molecule has 0 spiro atoms. The van der Waals surface area contributed by atoms with Crippen molar-refractivity contribution in [2.75, 3.05) is 13.1 Å². The monoisotopic (exact) mass is 258 g/mol. The maximum absolute atomic E-state index is 3.77. The average Bonchev–Trinajstić information content (AvgIpc) is 3.23. The van der Waals surface area contributed by atoms with E-state index in [9.17, 15) is 0 Å². The van der Waals surface area contributed by atoms with Crippen molar-refractivity contribution in [1.29, 1.82) is 0 Å². The summed E-state index contributed by atoms with van der Waals surface area (Å²) in [7, 11) is 0. The molecule has 0 amide bonds. The minimum absolute atomic E-state index is 0.581. The van der Waals surface area contributed by atoms with E-state index in [2.05, 4.69) is 54.4 Å². The van der Waals surface area contributed by atoms with Crippen molar-refractivity contribution in [3.8, 4) is 0 Å². The van der Waals surface area contributed by atoms with Gasteiger partial charge in [-0.15, -0.1) is 0 Å². The van der Waals surface area contributed by atoms with Crippen LogP contribution in [0.1, 0.15) is 44.7 Å². The van der Waals surface area contributed by atoms with E-state index < -0.39 is 0 Å². The largest absolute Gasteiger partial charge is 0.311 e. The molecule has 104 valence electrons. The highest BCUT2D eigenvalue weighted by molar-refractivity contribution is 5.21. The van der Waals surface area contributed by atoms with Crippen LogP contribution < -0.4 is 5.32 Å². The second-order valence-electron chi connectivity index (χ2n) is 6.59.